The minimum atomic E-state index is 0.0892. The first-order valence-corrected chi connectivity index (χ1v) is 8.10. The molecule has 0 unspecified atom stereocenters. The van der Waals surface area contributed by atoms with Crippen molar-refractivity contribution in [3.63, 3.8) is 0 Å². The van der Waals surface area contributed by atoms with Crippen molar-refractivity contribution in [1.82, 2.24) is 9.88 Å². The van der Waals surface area contributed by atoms with Crippen LogP contribution in [0.3, 0.4) is 0 Å². The lowest BCUT2D eigenvalue weighted by Gasteiger charge is -2.24. The molecule has 20 heavy (non-hydrogen) atoms. The molecule has 0 N–H and O–H groups in total. The zero-order chi connectivity index (χ0) is 15.1. The number of nitrogens with zero attached hydrogens (tertiary/aromatic N) is 2. The maximum Gasteiger partial charge on any atom is 0.255 e. The zero-order valence-electron chi connectivity index (χ0n) is 12.9. The Kier molecular flexibility index (Phi) is 7.20. The van der Waals surface area contributed by atoms with Crippen LogP contribution in [0.15, 0.2) is 22.9 Å². The number of aromatic nitrogens is 1. The molecular formula is C16H25BrN2O. The molecule has 1 aromatic rings. The van der Waals surface area contributed by atoms with Gasteiger partial charge in [0.15, 0.2) is 0 Å². The average Bonchev–Trinajstić information content (AvgIpc) is 2.38. The SMILES string of the molecule is CC(C)CCN(CCC(C)C)C(=O)c1ccc(Br)nc1. The number of rotatable bonds is 7. The fourth-order valence-electron chi connectivity index (χ4n) is 1.83. The second-order valence-electron chi connectivity index (χ2n) is 6.03. The first-order chi connectivity index (χ1) is 9.40. The summed E-state index contributed by atoms with van der Waals surface area (Å²) in [5.41, 5.74) is 0.667. The molecule has 0 spiro atoms. The van der Waals surface area contributed by atoms with Crippen molar-refractivity contribution in [2.45, 2.75) is 40.5 Å². The van der Waals surface area contributed by atoms with Gasteiger partial charge in [0.25, 0.3) is 5.91 Å². The van der Waals surface area contributed by atoms with Crippen molar-refractivity contribution < 1.29 is 4.79 Å². The molecule has 0 aliphatic carbocycles. The summed E-state index contributed by atoms with van der Waals surface area (Å²) in [4.78, 5) is 18.7. The minimum absolute atomic E-state index is 0.0892. The number of carbonyl (C=O) groups excluding carboxylic acids is 1. The maximum atomic E-state index is 12.6. The van der Waals surface area contributed by atoms with Gasteiger partial charge >= 0.3 is 0 Å². The van der Waals surface area contributed by atoms with Crippen LogP contribution in [0.2, 0.25) is 0 Å². The van der Waals surface area contributed by atoms with Gasteiger partial charge in [0.1, 0.15) is 4.60 Å². The average molecular weight is 341 g/mol. The zero-order valence-corrected chi connectivity index (χ0v) is 14.5. The van der Waals surface area contributed by atoms with Crippen molar-refractivity contribution in [1.29, 1.82) is 0 Å². The van der Waals surface area contributed by atoms with Crippen LogP contribution in [-0.4, -0.2) is 28.9 Å². The van der Waals surface area contributed by atoms with Gasteiger partial charge in [0.05, 0.1) is 5.56 Å². The van der Waals surface area contributed by atoms with Gasteiger partial charge in [-0.25, -0.2) is 4.98 Å². The summed E-state index contributed by atoms with van der Waals surface area (Å²) < 4.78 is 0.755. The Morgan fingerprint density at radius 1 is 1.15 bits per heavy atom. The molecule has 0 aromatic carbocycles. The molecular weight excluding hydrogens is 316 g/mol. The Bertz CT molecular complexity index is 403. The smallest absolute Gasteiger partial charge is 0.255 e. The number of carbonyl (C=O) groups is 1. The molecule has 0 bridgehead atoms. The van der Waals surface area contributed by atoms with Crippen LogP contribution in [0.5, 0.6) is 0 Å². The fourth-order valence-corrected chi connectivity index (χ4v) is 2.06. The number of hydrogen-bond acceptors (Lipinski definition) is 2. The molecule has 1 amide bonds. The van der Waals surface area contributed by atoms with Gasteiger partial charge in [-0.05, 0) is 52.7 Å². The lowest BCUT2D eigenvalue weighted by molar-refractivity contribution is 0.0740. The molecule has 4 heteroatoms. The van der Waals surface area contributed by atoms with Gasteiger partial charge in [-0.15, -0.1) is 0 Å². The number of hydrogen-bond donors (Lipinski definition) is 0. The minimum Gasteiger partial charge on any atom is -0.339 e. The molecule has 0 aliphatic rings. The molecule has 0 saturated heterocycles. The second kappa shape index (κ2) is 8.40. The largest absolute Gasteiger partial charge is 0.339 e. The molecule has 0 aliphatic heterocycles. The van der Waals surface area contributed by atoms with E-state index in [2.05, 4.69) is 48.6 Å². The summed E-state index contributed by atoms with van der Waals surface area (Å²) in [5.74, 6) is 1.30. The van der Waals surface area contributed by atoms with Crippen LogP contribution >= 0.6 is 15.9 Å². The highest BCUT2D eigenvalue weighted by atomic mass is 79.9. The number of amides is 1. The van der Waals surface area contributed by atoms with E-state index in [4.69, 9.17) is 0 Å². The summed E-state index contributed by atoms with van der Waals surface area (Å²) >= 11 is 3.30. The third kappa shape index (κ3) is 6.04. The van der Waals surface area contributed by atoms with E-state index in [-0.39, 0.29) is 5.91 Å². The Morgan fingerprint density at radius 2 is 1.70 bits per heavy atom. The van der Waals surface area contributed by atoms with E-state index in [0.29, 0.717) is 17.4 Å². The van der Waals surface area contributed by atoms with Gasteiger partial charge in [-0.3, -0.25) is 4.79 Å². The number of pyridine rings is 1. The maximum absolute atomic E-state index is 12.6. The first kappa shape index (κ1) is 17.2. The molecule has 1 heterocycles. The molecule has 0 radical (unpaired) electrons. The van der Waals surface area contributed by atoms with Gasteiger partial charge in [-0.1, -0.05) is 27.7 Å². The Balaban J connectivity index is 2.74. The third-order valence-corrected chi connectivity index (χ3v) is 3.68. The van der Waals surface area contributed by atoms with Crippen LogP contribution in [0, 0.1) is 11.8 Å². The van der Waals surface area contributed by atoms with Gasteiger partial charge in [0.2, 0.25) is 0 Å². The molecule has 0 atom stereocenters. The van der Waals surface area contributed by atoms with Crippen molar-refractivity contribution in [3.8, 4) is 0 Å². The summed E-state index contributed by atoms with van der Waals surface area (Å²) in [6, 6.07) is 3.65. The van der Waals surface area contributed by atoms with Crippen LogP contribution in [0.25, 0.3) is 0 Å². The van der Waals surface area contributed by atoms with E-state index in [1.807, 2.05) is 17.0 Å². The van der Waals surface area contributed by atoms with E-state index < -0.39 is 0 Å². The van der Waals surface area contributed by atoms with Gasteiger partial charge < -0.3 is 4.90 Å². The standard InChI is InChI=1S/C16H25BrN2O/c1-12(2)7-9-19(10-8-13(3)4)16(20)14-5-6-15(17)18-11-14/h5-6,11-13H,7-10H2,1-4H3. The van der Waals surface area contributed by atoms with E-state index in [9.17, 15) is 4.79 Å². The fraction of sp³-hybridized carbons (Fsp3) is 0.625. The number of halogens is 1. The van der Waals surface area contributed by atoms with E-state index in [1.165, 1.54) is 0 Å². The van der Waals surface area contributed by atoms with E-state index >= 15 is 0 Å². The van der Waals surface area contributed by atoms with Crippen molar-refractivity contribution >= 4 is 21.8 Å². The van der Waals surface area contributed by atoms with Crippen molar-refractivity contribution in [2.75, 3.05) is 13.1 Å². The Labute approximate surface area is 130 Å². The first-order valence-electron chi connectivity index (χ1n) is 7.31. The molecule has 112 valence electrons. The summed E-state index contributed by atoms with van der Waals surface area (Å²) in [6.45, 7) is 10.4. The highest BCUT2D eigenvalue weighted by Crippen LogP contribution is 2.12. The third-order valence-electron chi connectivity index (χ3n) is 3.21. The summed E-state index contributed by atoms with van der Waals surface area (Å²) in [7, 11) is 0. The molecule has 3 nitrogen and oxygen atoms in total. The quantitative estimate of drug-likeness (QED) is 0.690. The van der Waals surface area contributed by atoms with Crippen LogP contribution in [0.4, 0.5) is 0 Å². The topological polar surface area (TPSA) is 33.2 Å². The monoisotopic (exact) mass is 340 g/mol. The second-order valence-corrected chi connectivity index (χ2v) is 6.84. The highest BCUT2D eigenvalue weighted by molar-refractivity contribution is 9.10. The van der Waals surface area contributed by atoms with Gasteiger partial charge in [-0.2, -0.15) is 0 Å². The molecule has 1 rings (SSSR count). The van der Waals surface area contributed by atoms with Gasteiger partial charge in [0, 0.05) is 19.3 Å². The predicted octanol–water partition coefficient (Wildman–Crippen LogP) is 4.38. The summed E-state index contributed by atoms with van der Waals surface area (Å²) in [5, 5.41) is 0. The predicted molar refractivity (Wildman–Crippen MR) is 86.8 cm³/mol. The van der Waals surface area contributed by atoms with E-state index in [1.54, 1.807) is 6.20 Å². The molecule has 0 saturated carbocycles. The van der Waals surface area contributed by atoms with Crippen LogP contribution < -0.4 is 0 Å². The van der Waals surface area contributed by atoms with Crippen molar-refractivity contribution in [3.05, 3.63) is 28.5 Å². The highest BCUT2D eigenvalue weighted by Gasteiger charge is 2.16. The summed E-state index contributed by atoms with van der Waals surface area (Å²) in [6.07, 6.45) is 3.71. The lowest BCUT2D eigenvalue weighted by atomic mass is 10.1. The Morgan fingerprint density at radius 3 is 2.10 bits per heavy atom. The molecule has 1 aromatic heterocycles. The Hall–Kier alpha value is -0.900. The lowest BCUT2D eigenvalue weighted by Crippen LogP contribution is -2.34. The van der Waals surface area contributed by atoms with E-state index in [0.717, 1.165) is 30.5 Å². The molecule has 0 fully saturated rings. The normalized spacial score (nSPS) is 11.2. The van der Waals surface area contributed by atoms with Crippen LogP contribution in [-0.2, 0) is 0 Å². The van der Waals surface area contributed by atoms with Crippen molar-refractivity contribution in [2.24, 2.45) is 11.8 Å². The van der Waals surface area contributed by atoms with Crippen LogP contribution in [0.1, 0.15) is 50.9 Å².